The van der Waals surface area contributed by atoms with Gasteiger partial charge in [-0.05, 0) is 31.9 Å². The number of aryl methyl sites for hydroxylation is 2. The monoisotopic (exact) mass is 351 g/mol. The first-order chi connectivity index (χ1) is 12.4. The zero-order valence-corrected chi connectivity index (χ0v) is 15.0. The van der Waals surface area contributed by atoms with Crippen LogP contribution >= 0.6 is 0 Å². The number of amides is 1. The fourth-order valence-electron chi connectivity index (χ4n) is 2.85. The molecule has 0 saturated heterocycles. The van der Waals surface area contributed by atoms with Crippen LogP contribution in [0.25, 0.3) is 16.9 Å². The summed E-state index contributed by atoms with van der Waals surface area (Å²) in [6.07, 6.45) is 2.13. The number of hydrogen-bond donors (Lipinski definition) is 2. The van der Waals surface area contributed by atoms with E-state index in [1.54, 1.807) is 11.3 Å². The Morgan fingerprint density at radius 3 is 2.38 bits per heavy atom. The number of carbonyl (C=O) groups excluding carboxylic acids is 1. The summed E-state index contributed by atoms with van der Waals surface area (Å²) in [6.45, 7) is 5.64. The molecule has 1 aromatic carbocycles. The molecule has 134 valence electrons. The molecule has 0 saturated carbocycles. The summed E-state index contributed by atoms with van der Waals surface area (Å²) in [7, 11) is 0. The Hall–Kier alpha value is -3.15. The fourth-order valence-corrected chi connectivity index (χ4v) is 2.85. The molecule has 2 aromatic heterocycles. The number of aliphatic carboxylic acids is 1. The van der Waals surface area contributed by atoms with Gasteiger partial charge in [-0.3, -0.25) is 9.20 Å². The summed E-state index contributed by atoms with van der Waals surface area (Å²) in [4.78, 5) is 28.8. The predicted octanol–water partition coefficient (Wildman–Crippen LogP) is 3.21. The molecule has 1 unspecified atom stereocenters. The summed E-state index contributed by atoms with van der Waals surface area (Å²) < 4.78 is 1.72. The smallest absolute Gasteiger partial charge is 0.326 e. The van der Waals surface area contributed by atoms with Gasteiger partial charge in [0.1, 0.15) is 23.1 Å². The molecular formula is C20H21N3O3. The maximum absolute atomic E-state index is 12.9. The van der Waals surface area contributed by atoms with Crippen molar-refractivity contribution in [1.29, 1.82) is 0 Å². The van der Waals surface area contributed by atoms with E-state index in [1.807, 2.05) is 56.4 Å². The van der Waals surface area contributed by atoms with E-state index in [4.69, 9.17) is 0 Å². The maximum Gasteiger partial charge on any atom is 0.326 e. The molecular weight excluding hydrogens is 330 g/mol. The van der Waals surface area contributed by atoms with Gasteiger partial charge in [-0.15, -0.1) is 0 Å². The van der Waals surface area contributed by atoms with Crippen molar-refractivity contribution in [2.24, 2.45) is 0 Å². The van der Waals surface area contributed by atoms with Gasteiger partial charge >= 0.3 is 5.97 Å². The van der Waals surface area contributed by atoms with Crippen LogP contribution in [0.3, 0.4) is 0 Å². The minimum absolute atomic E-state index is 0.302. The first-order valence-electron chi connectivity index (χ1n) is 8.50. The molecule has 1 amide bonds. The van der Waals surface area contributed by atoms with Gasteiger partial charge in [-0.25, -0.2) is 9.78 Å². The van der Waals surface area contributed by atoms with Gasteiger partial charge in [0.15, 0.2) is 0 Å². The van der Waals surface area contributed by atoms with Gasteiger partial charge in [0.25, 0.3) is 5.91 Å². The highest BCUT2D eigenvalue weighted by Gasteiger charge is 2.25. The van der Waals surface area contributed by atoms with Crippen LogP contribution in [0.2, 0.25) is 0 Å². The molecule has 0 bridgehead atoms. The summed E-state index contributed by atoms with van der Waals surface area (Å²) in [5.41, 5.74) is 4.41. The molecule has 0 aliphatic carbocycles. The van der Waals surface area contributed by atoms with E-state index < -0.39 is 17.9 Å². The van der Waals surface area contributed by atoms with E-state index in [1.165, 1.54) is 0 Å². The Labute approximate surface area is 151 Å². The highest BCUT2D eigenvalue weighted by molar-refractivity contribution is 6.01. The second-order valence-corrected chi connectivity index (χ2v) is 6.38. The summed E-state index contributed by atoms with van der Waals surface area (Å²) in [6, 6.07) is 10.6. The molecule has 6 nitrogen and oxygen atoms in total. The number of hydrogen-bond acceptors (Lipinski definition) is 3. The summed E-state index contributed by atoms with van der Waals surface area (Å²) >= 11 is 0. The van der Waals surface area contributed by atoms with E-state index in [0.29, 0.717) is 23.5 Å². The zero-order valence-electron chi connectivity index (χ0n) is 15.0. The van der Waals surface area contributed by atoms with Gasteiger partial charge in [0.05, 0.1) is 0 Å². The zero-order chi connectivity index (χ0) is 18.8. The Morgan fingerprint density at radius 2 is 1.77 bits per heavy atom. The Bertz CT molecular complexity index is 974. The number of carboxylic acids is 1. The van der Waals surface area contributed by atoms with Crippen LogP contribution in [0.1, 0.15) is 35.0 Å². The molecule has 6 heteroatoms. The van der Waals surface area contributed by atoms with Crippen LogP contribution in [0, 0.1) is 13.8 Å². The molecule has 0 aliphatic heterocycles. The lowest BCUT2D eigenvalue weighted by atomic mass is 10.1. The largest absolute Gasteiger partial charge is 0.480 e. The van der Waals surface area contributed by atoms with E-state index in [-0.39, 0.29) is 0 Å². The third-order valence-electron chi connectivity index (χ3n) is 4.32. The molecule has 0 aliphatic rings. The molecule has 3 rings (SSSR count). The van der Waals surface area contributed by atoms with Gasteiger partial charge in [-0.1, -0.05) is 42.8 Å². The molecule has 1 atom stereocenters. The summed E-state index contributed by atoms with van der Waals surface area (Å²) in [5, 5.41) is 11.9. The lowest BCUT2D eigenvalue weighted by Gasteiger charge is -2.13. The molecule has 26 heavy (non-hydrogen) atoms. The molecule has 0 spiro atoms. The molecule has 2 heterocycles. The predicted molar refractivity (Wildman–Crippen MR) is 99.3 cm³/mol. The van der Waals surface area contributed by atoms with Crippen molar-refractivity contribution in [3.8, 4) is 11.3 Å². The number of nitrogens with zero attached hydrogens (tertiary/aromatic N) is 2. The van der Waals surface area contributed by atoms with Crippen molar-refractivity contribution >= 4 is 17.5 Å². The molecule has 2 N–H and O–H groups in total. The lowest BCUT2D eigenvalue weighted by molar-refractivity contribution is -0.139. The van der Waals surface area contributed by atoms with Crippen LogP contribution in [-0.4, -0.2) is 32.4 Å². The lowest BCUT2D eigenvalue weighted by Crippen LogP contribution is -2.40. The number of aromatic nitrogens is 2. The average Bonchev–Trinajstić information content (AvgIpc) is 2.98. The average molecular weight is 351 g/mol. The van der Waals surface area contributed by atoms with Crippen LogP contribution in [0.4, 0.5) is 0 Å². The van der Waals surface area contributed by atoms with Gasteiger partial charge in [-0.2, -0.15) is 0 Å². The number of carbonyl (C=O) groups is 2. The van der Waals surface area contributed by atoms with E-state index >= 15 is 0 Å². The summed E-state index contributed by atoms with van der Waals surface area (Å²) in [5.74, 6) is -1.50. The minimum Gasteiger partial charge on any atom is -0.480 e. The van der Waals surface area contributed by atoms with Crippen LogP contribution < -0.4 is 5.32 Å². The number of pyridine rings is 1. The van der Waals surface area contributed by atoms with Crippen molar-refractivity contribution in [2.75, 3.05) is 0 Å². The number of carboxylic acid groups (broad SMARTS) is 1. The minimum atomic E-state index is -1.05. The van der Waals surface area contributed by atoms with E-state index in [2.05, 4.69) is 10.3 Å². The number of rotatable bonds is 5. The topological polar surface area (TPSA) is 83.7 Å². The third kappa shape index (κ3) is 3.31. The van der Waals surface area contributed by atoms with Crippen molar-refractivity contribution in [3.63, 3.8) is 0 Å². The maximum atomic E-state index is 12.9. The number of fused-ring (bicyclic) bond motifs is 1. The van der Waals surface area contributed by atoms with Gasteiger partial charge in [0.2, 0.25) is 0 Å². The molecule has 0 fully saturated rings. The molecule has 0 radical (unpaired) electrons. The van der Waals surface area contributed by atoms with E-state index in [9.17, 15) is 14.7 Å². The Kier molecular flexibility index (Phi) is 4.75. The highest BCUT2D eigenvalue weighted by Crippen LogP contribution is 2.25. The number of nitrogens with one attached hydrogen (secondary N) is 1. The Balaban J connectivity index is 2.15. The first-order valence-corrected chi connectivity index (χ1v) is 8.50. The SMILES string of the molecule is CCC(NC(=O)c1c(-c2ccc(C)cc2)nc2ccc(C)cn12)C(=O)O. The van der Waals surface area contributed by atoms with E-state index in [0.717, 1.165) is 16.7 Å². The van der Waals surface area contributed by atoms with Crippen LogP contribution in [0.5, 0.6) is 0 Å². The normalized spacial score (nSPS) is 12.1. The van der Waals surface area contributed by atoms with Gasteiger partial charge < -0.3 is 10.4 Å². The quantitative estimate of drug-likeness (QED) is 0.739. The van der Waals surface area contributed by atoms with Gasteiger partial charge in [0, 0.05) is 11.8 Å². The second kappa shape index (κ2) is 7.00. The molecule has 3 aromatic rings. The fraction of sp³-hybridized carbons (Fsp3) is 0.250. The first kappa shape index (κ1) is 17.7. The third-order valence-corrected chi connectivity index (χ3v) is 4.32. The number of benzene rings is 1. The van der Waals surface area contributed by atoms with Crippen LogP contribution in [0.15, 0.2) is 42.6 Å². The Morgan fingerprint density at radius 1 is 1.12 bits per heavy atom. The highest BCUT2D eigenvalue weighted by atomic mass is 16.4. The van der Waals surface area contributed by atoms with Crippen molar-refractivity contribution in [3.05, 3.63) is 59.4 Å². The van der Waals surface area contributed by atoms with Crippen LogP contribution in [-0.2, 0) is 4.79 Å². The van der Waals surface area contributed by atoms with Crippen molar-refractivity contribution in [1.82, 2.24) is 14.7 Å². The number of imidazole rings is 1. The van der Waals surface area contributed by atoms with Crippen molar-refractivity contribution in [2.45, 2.75) is 33.2 Å². The second-order valence-electron chi connectivity index (χ2n) is 6.38. The van der Waals surface area contributed by atoms with Crippen molar-refractivity contribution < 1.29 is 14.7 Å². The standard InChI is InChI=1S/C20H21N3O3/c1-4-15(20(25)26)21-19(24)18-17(14-8-5-12(2)6-9-14)22-16-10-7-13(3)11-23(16)18/h5-11,15H,4H2,1-3H3,(H,21,24)(H,25,26).